The first kappa shape index (κ1) is 21.8. The molecule has 6 nitrogen and oxygen atoms in total. The van der Waals surface area contributed by atoms with Gasteiger partial charge in [-0.3, -0.25) is 4.79 Å². The van der Waals surface area contributed by atoms with Gasteiger partial charge in [0.15, 0.2) is 5.88 Å². The van der Waals surface area contributed by atoms with Crippen molar-refractivity contribution < 1.29 is 14.6 Å². The molecular weight excluding hydrogens is 398 g/mol. The Bertz CT molecular complexity index is 1030. The molecule has 0 aliphatic carbocycles. The van der Waals surface area contributed by atoms with Gasteiger partial charge in [0.05, 0.1) is 24.4 Å². The molecule has 0 bridgehead atoms. The number of nitrogens with one attached hydrogen (secondary N) is 1. The van der Waals surface area contributed by atoms with Crippen molar-refractivity contribution in [3.63, 3.8) is 0 Å². The Balaban J connectivity index is 1.73. The number of hydrogen-bond donors (Lipinski definition) is 2. The van der Waals surface area contributed by atoms with E-state index in [2.05, 4.69) is 17.2 Å². The molecule has 0 saturated heterocycles. The topological polar surface area (TPSA) is 76.4 Å². The lowest BCUT2D eigenvalue weighted by molar-refractivity contribution is -0.113. The molecule has 2 heterocycles. The van der Waals surface area contributed by atoms with Gasteiger partial charge in [-0.2, -0.15) is 0 Å². The third-order valence-corrected chi connectivity index (χ3v) is 6.27. The summed E-state index contributed by atoms with van der Waals surface area (Å²) in [5.74, 6) is 1.67. The second kappa shape index (κ2) is 9.71. The first-order valence-electron chi connectivity index (χ1n) is 9.82. The Labute approximate surface area is 181 Å². The van der Waals surface area contributed by atoms with Crippen molar-refractivity contribution in [2.75, 3.05) is 18.2 Å². The van der Waals surface area contributed by atoms with Crippen LogP contribution in [0.2, 0.25) is 0 Å². The van der Waals surface area contributed by atoms with E-state index in [0.29, 0.717) is 12.4 Å². The van der Waals surface area contributed by atoms with Crippen molar-refractivity contribution in [1.82, 2.24) is 9.55 Å². The standard InChI is InChI=1S/C23H27N3O3S/c1-5-17-10-11-24-20(12-17)25-21(27)14-30-23-16(3)15(2)22(28)26(23)13-18-6-8-19(29-4)9-7-18/h6-12,28H,5,13-14H2,1-4H3,(H,24,25,27). The number of amides is 1. The first-order valence-corrected chi connectivity index (χ1v) is 10.8. The van der Waals surface area contributed by atoms with Crippen LogP contribution in [0.15, 0.2) is 47.6 Å². The van der Waals surface area contributed by atoms with Gasteiger partial charge in [-0.25, -0.2) is 4.98 Å². The maximum Gasteiger partial charge on any atom is 0.235 e. The zero-order chi connectivity index (χ0) is 21.7. The summed E-state index contributed by atoms with van der Waals surface area (Å²) in [5, 5.41) is 14.4. The van der Waals surface area contributed by atoms with Crippen molar-refractivity contribution >= 4 is 23.5 Å². The molecule has 0 aliphatic heterocycles. The van der Waals surface area contributed by atoms with Gasteiger partial charge in [-0.15, -0.1) is 0 Å². The Morgan fingerprint density at radius 1 is 1.17 bits per heavy atom. The molecule has 158 valence electrons. The van der Waals surface area contributed by atoms with Crippen molar-refractivity contribution in [3.8, 4) is 11.6 Å². The molecule has 1 aromatic carbocycles. The van der Waals surface area contributed by atoms with Gasteiger partial charge in [0.2, 0.25) is 5.91 Å². The third-order valence-electron chi connectivity index (χ3n) is 5.06. The third kappa shape index (κ3) is 4.97. The van der Waals surface area contributed by atoms with E-state index < -0.39 is 0 Å². The molecule has 2 aromatic heterocycles. The van der Waals surface area contributed by atoms with Gasteiger partial charge < -0.3 is 19.7 Å². The van der Waals surface area contributed by atoms with Gasteiger partial charge >= 0.3 is 0 Å². The van der Waals surface area contributed by atoms with Gasteiger partial charge in [-0.1, -0.05) is 30.8 Å². The number of aromatic nitrogens is 2. The van der Waals surface area contributed by atoms with E-state index in [9.17, 15) is 9.90 Å². The fraction of sp³-hybridized carbons (Fsp3) is 0.304. The molecule has 0 fully saturated rings. The number of thioether (sulfide) groups is 1. The van der Waals surface area contributed by atoms with E-state index in [4.69, 9.17) is 4.74 Å². The summed E-state index contributed by atoms with van der Waals surface area (Å²) >= 11 is 1.41. The SMILES string of the molecule is CCc1ccnc(NC(=O)CSc2c(C)c(C)c(O)n2Cc2ccc(OC)cc2)c1. The Morgan fingerprint density at radius 3 is 2.57 bits per heavy atom. The average molecular weight is 426 g/mol. The second-order valence-electron chi connectivity index (χ2n) is 7.05. The zero-order valence-electron chi connectivity index (χ0n) is 17.7. The Kier molecular flexibility index (Phi) is 7.05. The number of carbonyl (C=O) groups excluding carboxylic acids is 1. The van der Waals surface area contributed by atoms with E-state index in [1.54, 1.807) is 13.3 Å². The lowest BCUT2D eigenvalue weighted by Gasteiger charge is -2.12. The van der Waals surface area contributed by atoms with Crippen molar-refractivity contribution in [2.45, 2.75) is 38.8 Å². The highest BCUT2D eigenvalue weighted by Crippen LogP contribution is 2.35. The van der Waals surface area contributed by atoms with Gasteiger partial charge in [0.1, 0.15) is 11.6 Å². The van der Waals surface area contributed by atoms with E-state index in [1.807, 2.05) is 54.8 Å². The zero-order valence-corrected chi connectivity index (χ0v) is 18.5. The number of hydrogen-bond acceptors (Lipinski definition) is 5. The van der Waals surface area contributed by atoms with Crippen LogP contribution in [-0.2, 0) is 17.8 Å². The molecule has 0 aliphatic rings. The quantitative estimate of drug-likeness (QED) is 0.518. The molecule has 30 heavy (non-hydrogen) atoms. The van der Waals surface area contributed by atoms with Crippen LogP contribution in [-0.4, -0.2) is 33.4 Å². The van der Waals surface area contributed by atoms with Crippen molar-refractivity contribution in [3.05, 3.63) is 64.8 Å². The molecule has 0 saturated carbocycles. The van der Waals surface area contributed by atoms with Crippen molar-refractivity contribution in [1.29, 1.82) is 0 Å². The van der Waals surface area contributed by atoms with Gasteiger partial charge in [0.25, 0.3) is 0 Å². The Morgan fingerprint density at radius 2 is 1.90 bits per heavy atom. The van der Waals surface area contributed by atoms with E-state index >= 15 is 0 Å². The van der Waals surface area contributed by atoms with E-state index in [0.717, 1.165) is 39.5 Å². The number of rotatable bonds is 8. The maximum atomic E-state index is 12.5. The van der Waals surface area contributed by atoms with Gasteiger partial charge in [-0.05, 0) is 61.2 Å². The molecule has 0 spiro atoms. The highest BCUT2D eigenvalue weighted by Gasteiger charge is 2.19. The summed E-state index contributed by atoms with van der Waals surface area (Å²) in [4.78, 5) is 16.7. The van der Waals surface area contributed by atoms with Gasteiger partial charge in [0, 0.05) is 11.8 Å². The summed E-state index contributed by atoms with van der Waals surface area (Å²) in [6.45, 7) is 6.42. The van der Waals surface area contributed by atoms with Crippen LogP contribution < -0.4 is 10.1 Å². The predicted molar refractivity (Wildman–Crippen MR) is 121 cm³/mol. The van der Waals surface area contributed by atoms with Crippen LogP contribution in [0.25, 0.3) is 0 Å². The fourth-order valence-corrected chi connectivity index (χ4v) is 4.17. The number of nitrogens with zero attached hydrogens (tertiary/aromatic N) is 2. The monoisotopic (exact) mass is 425 g/mol. The second-order valence-corrected chi connectivity index (χ2v) is 8.02. The number of methoxy groups -OCH3 is 1. The summed E-state index contributed by atoms with van der Waals surface area (Å²) < 4.78 is 7.06. The van der Waals surface area contributed by atoms with Crippen molar-refractivity contribution in [2.24, 2.45) is 0 Å². The lowest BCUT2D eigenvalue weighted by Crippen LogP contribution is -2.15. The normalized spacial score (nSPS) is 10.8. The largest absolute Gasteiger partial charge is 0.497 e. The molecule has 2 N–H and O–H groups in total. The lowest BCUT2D eigenvalue weighted by atomic mass is 10.2. The average Bonchev–Trinajstić information content (AvgIpc) is 2.96. The van der Waals surface area contributed by atoms with Crippen LogP contribution in [0.4, 0.5) is 5.82 Å². The summed E-state index contributed by atoms with van der Waals surface area (Å²) in [6, 6.07) is 11.6. The highest BCUT2D eigenvalue weighted by molar-refractivity contribution is 8.00. The maximum absolute atomic E-state index is 12.5. The number of benzene rings is 1. The summed E-state index contributed by atoms with van der Waals surface area (Å²) in [7, 11) is 1.63. The fourth-order valence-electron chi connectivity index (χ4n) is 3.15. The summed E-state index contributed by atoms with van der Waals surface area (Å²) in [6.07, 6.45) is 2.59. The minimum atomic E-state index is -0.130. The number of pyridine rings is 1. The number of aryl methyl sites for hydroxylation is 1. The molecule has 1 amide bonds. The number of anilines is 1. The molecular formula is C23H27N3O3S. The number of aromatic hydroxyl groups is 1. The van der Waals surface area contributed by atoms with E-state index in [1.165, 1.54) is 11.8 Å². The number of carbonyl (C=O) groups is 1. The molecule has 0 radical (unpaired) electrons. The van der Waals surface area contributed by atoms with Crippen LogP contribution in [0, 0.1) is 13.8 Å². The smallest absolute Gasteiger partial charge is 0.235 e. The minimum absolute atomic E-state index is 0.130. The molecule has 0 unspecified atom stereocenters. The number of ether oxygens (including phenoxy) is 1. The Hall–Kier alpha value is -2.93. The van der Waals surface area contributed by atoms with Crippen LogP contribution >= 0.6 is 11.8 Å². The molecule has 0 atom stereocenters. The van der Waals surface area contributed by atoms with Crippen LogP contribution in [0.5, 0.6) is 11.6 Å². The molecule has 3 aromatic rings. The highest BCUT2D eigenvalue weighted by atomic mass is 32.2. The first-order chi connectivity index (χ1) is 14.4. The molecule has 7 heteroatoms. The molecule has 3 rings (SSSR count). The minimum Gasteiger partial charge on any atom is -0.497 e. The van der Waals surface area contributed by atoms with Crippen LogP contribution in [0.3, 0.4) is 0 Å². The van der Waals surface area contributed by atoms with E-state index in [-0.39, 0.29) is 17.5 Å². The summed E-state index contributed by atoms with van der Waals surface area (Å²) in [5.41, 5.74) is 3.96. The predicted octanol–water partition coefficient (Wildman–Crippen LogP) is 4.56. The van der Waals surface area contributed by atoms with Crippen LogP contribution in [0.1, 0.15) is 29.2 Å².